The van der Waals surface area contributed by atoms with Gasteiger partial charge in [-0.1, -0.05) is 11.6 Å². The fourth-order valence-electron chi connectivity index (χ4n) is 2.01. The van der Waals surface area contributed by atoms with Gasteiger partial charge in [0.05, 0.1) is 18.5 Å². The first-order chi connectivity index (χ1) is 9.08. The Labute approximate surface area is 115 Å². The summed E-state index contributed by atoms with van der Waals surface area (Å²) in [6, 6.07) is 5.49. The molecule has 0 spiro atoms. The van der Waals surface area contributed by atoms with Crippen molar-refractivity contribution < 1.29 is 9.53 Å². The Hall–Kier alpha value is -2.06. The van der Waals surface area contributed by atoms with E-state index in [1.54, 1.807) is 30.8 Å². The highest BCUT2D eigenvalue weighted by Crippen LogP contribution is 2.29. The predicted molar refractivity (Wildman–Crippen MR) is 70.8 cm³/mol. The van der Waals surface area contributed by atoms with Gasteiger partial charge in [-0.3, -0.25) is 9.48 Å². The molecule has 2 aromatic rings. The lowest BCUT2D eigenvalue weighted by molar-refractivity contribution is -0.142. The third-order valence-electron chi connectivity index (χ3n) is 2.80. The van der Waals surface area contributed by atoms with E-state index in [0.29, 0.717) is 22.6 Å². The second kappa shape index (κ2) is 5.29. The van der Waals surface area contributed by atoms with Crippen LogP contribution in [0.3, 0.4) is 0 Å². The summed E-state index contributed by atoms with van der Waals surface area (Å²) in [5, 5.41) is 14.3. The number of carbonyl (C=O) groups excluding carboxylic acids is 1. The number of ether oxygens (including phenoxy) is 1. The number of carbonyl (C=O) groups is 1. The number of hydrogen-bond donors (Lipinski definition) is 0. The van der Waals surface area contributed by atoms with E-state index in [-0.39, 0.29) is 18.1 Å². The molecule has 0 atom stereocenters. The van der Waals surface area contributed by atoms with Crippen molar-refractivity contribution in [1.82, 2.24) is 9.78 Å². The van der Waals surface area contributed by atoms with Crippen molar-refractivity contribution in [3.8, 4) is 6.07 Å². The minimum atomic E-state index is -0.371. The number of rotatable bonds is 3. The Morgan fingerprint density at radius 2 is 2.32 bits per heavy atom. The van der Waals surface area contributed by atoms with Gasteiger partial charge in [-0.25, -0.2) is 0 Å². The van der Waals surface area contributed by atoms with Gasteiger partial charge < -0.3 is 4.74 Å². The molecular formula is C13H12ClN3O2. The maximum absolute atomic E-state index is 11.6. The zero-order chi connectivity index (χ0) is 14.0. The molecule has 0 bridgehead atoms. The van der Waals surface area contributed by atoms with Crippen LogP contribution in [0.5, 0.6) is 0 Å². The van der Waals surface area contributed by atoms with E-state index in [0.717, 1.165) is 5.52 Å². The summed E-state index contributed by atoms with van der Waals surface area (Å²) < 4.78 is 6.52. The van der Waals surface area contributed by atoms with Gasteiger partial charge in [0, 0.05) is 17.5 Å². The molecule has 1 aromatic carbocycles. The van der Waals surface area contributed by atoms with E-state index in [4.69, 9.17) is 21.6 Å². The molecule has 0 aliphatic rings. The number of nitrogens with zero attached hydrogens (tertiary/aromatic N) is 3. The van der Waals surface area contributed by atoms with Crippen LogP contribution in [0, 0.1) is 11.3 Å². The fraction of sp³-hybridized carbons (Fsp3) is 0.308. The number of nitriles is 1. The Bertz CT molecular complexity index is 685. The lowest BCUT2D eigenvalue weighted by Gasteiger charge is -2.06. The molecule has 0 radical (unpaired) electrons. The Balaban J connectivity index is 2.61. The van der Waals surface area contributed by atoms with Crippen molar-refractivity contribution in [2.24, 2.45) is 7.05 Å². The van der Waals surface area contributed by atoms with Crippen LogP contribution in [0.1, 0.15) is 18.2 Å². The van der Waals surface area contributed by atoms with Crippen LogP contribution in [-0.2, 0) is 23.0 Å². The molecule has 19 heavy (non-hydrogen) atoms. The van der Waals surface area contributed by atoms with Gasteiger partial charge in [-0.2, -0.15) is 10.4 Å². The average molecular weight is 278 g/mol. The highest BCUT2D eigenvalue weighted by Gasteiger charge is 2.18. The average Bonchev–Trinajstić information content (AvgIpc) is 2.70. The zero-order valence-corrected chi connectivity index (χ0v) is 11.4. The highest BCUT2D eigenvalue weighted by molar-refractivity contribution is 6.32. The molecule has 0 saturated heterocycles. The van der Waals surface area contributed by atoms with Gasteiger partial charge in [0.2, 0.25) is 0 Å². The number of aromatic nitrogens is 2. The Morgan fingerprint density at radius 3 is 2.95 bits per heavy atom. The number of aryl methyl sites for hydroxylation is 1. The van der Waals surface area contributed by atoms with Crippen LogP contribution in [0.15, 0.2) is 12.1 Å². The summed E-state index contributed by atoms with van der Waals surface area (Å²) in [6.45, 7) is 2.05. The molecule has 0 N–H and O–H groups in total. The number of halogens is 1. The Morgan fingerprint density at radius 1 is 1.58 bits per heavy atom. The van der Waals surface area contributed by atoms with E-state index in [9.17, 15) is 4.79 Å². The highest BCUT2D eigenvalue weighted by atomic mass is 35.5. The van der Waals surface area contributed by atoms with E-state index >= 15 is 0 Å². The normalized spacial score (nSPS) is 10.4. The third-order valence-corrected chi connectivity index (χ3v) is 3.16. The van der Waals surface area contributed by atoms with Gasteiger partial charge in [0.1, 0.15) is 6.07 Å². The fourth-order valence-corrected chi connectivity index (χ4v) is 2.23. The monoisotopic (exact) mass is 277 g/mol. The standard InChI is InChI=1S/C13H12ClN3O2/c1-3-19-12(18)6-8-9(14)4-5-11-13(8)10(7-15)16-17(11)2/h4-5H,3,6H2,1-2H3. The van der Waals surface area contributed by atoms with E-state index in [1.807, 2.05) is 6.07 Å². The van der Waals surface area contributed by atoms with Crippen molar-refractivity contribution in [1.29, 1.82) is 5.26 Å². The van der Waals surface area contributed by atoms with E-state index in [2.05, 4.69) is 5.10 Å². The van der Waals surface area contributed by atoms with Gasteiger partial charge in [-0.05, 0) is 24.6 Å². The van der Waals surface area contributed by atoms with Crippen LogP contribution in [0.2, 0.25) is 5.02 Å². The van der Waals surface area contributed by atoms with Crippen LogP contribution in [0.4, 0.5) is 0 Å². The molecule has 1 heterocycles. The smallest absolute Gasteiger partial charge is 0.310 e. The molecule has 0 aliphatic carbocycles. The SMILES string of the molecule is CCOC(=O)Cc1c(Cl)ccc2c1c(C#N)nn2C. The van der Waals surface area contributed by atoms with Gasteiger partial charge in [-0.15, -0.1) is 0 Å². The van der Waals surface area contributed by atoms with E-state index in [1.165, 1.54) is 0 Å². The maximum Gasteiger partial charge on any atom is 0.310 e. The second-order valence-corrected chi connectivity index (χ2v) is 4.39. The minimum Gasteiger partial charge on any atom is -0.466 e. The van der Waals surface area contributed by atoms with Crippen molar-refractivity contribution >= 4 is 28.5 Å². The van der Waals surface area contributed by atoms with Crippen LogP contribution < -0.4 is 0 Å². The summed E-state index contributed by atoms with van der Waals surface area (Å²) in [7, 11) is 1.74. The molecule has 0 fully saturated rings. The zero-order valence-electron chi connectivity index (χ0n) is 10.6. The van der Waals surface area contributed by atoms with E-state index < -0.39 is 0 Å². The molecule has 98 valence electrons. The molecule has 5 nitrogen and oxygen atoms in total. The summed E-state index contributed by atoms with van der Waals surface area (Å²) in [5.74, 6) is -0.371. The lowest BCUT2D eigenvalue weighted by Crippen LogP contribution is -2.08. The quantitative estimate of drug-likeness (QED) is 0.807. The molecule has 6 heteroatoms. The first-order valence-corrected chi connectivity index (χ1v) is 6.16. The lowest BCUT2D eigenvalue weighted by atomic mass is 10.0. The summed E-state index contributed by atoms with van der Waals surface area (Å²) in [4.78, 5) is 11.6. The maximum atomic E-state index is 11.6. The van der Waals surface area contributed by atoms with Gasteiger partial charge >= 0.3 is 5.97 Å². The van der Waals surface area contributed by atoms with Crippen molar-refractivity contribution in [2.45, 2.75) is 13.3 Å². The third kappa shape index (κ3) is 2.40. The number of hydrogen-bond acceptors (Lipinski definition) is 4. The number of benzene rings is 1. The molecule has 0 amide bonds. The van der Waals surface area contributed by atoms with Gasteiger partial charge in [0.25, 0.3) is 0 Å². The largest absolute Gasteiger partial charge is 0.466 e. The molecule has 0 saturated carbocycles. The van der Waals surface area contributed by atoms with Crippen molar-refractivity contribution in [2.75, 3.05) is 6.61 Å². The molecule has 2 rings (SSSR count). The second-order valence-electron chi connectivity index (χ2n) is 3.99. The molecule has 0 unspecified atom stereocenters. The first kappa shape index (κ1) is 13.4. The minimum absolute atomic E-state index is 0.0321. The molecule has 0 aliphatic heterocycles. The Kier molecular flexibility index (Phi) is 3.72. The summed E-state index contributed by atoms with van der Waals surface area (Å²) in [5.41, 5.74) is 1.61. The van der Waals surface area contributed by atoms with Crippen molar-refractivity contribution in [3.05, 3.63) is 28.4 Å². The topological polar surface area (TPSA) is 67.9 Å². The number of fused-ring (bicyclic) bond motifs is 1. The van der Waals surface area contributed by atoms with Gasteiger partial charge in [0.15, 0.2) is 5.69 Å². The summed E-state index contributed by atoms with van der Waals surface area (Å²) in [6.07, 6.45) is 0.0321. The first-order valence-electron chi connectivity index (χ1n) is 5.78. The molecule has 1 aromatic heterocycles. The van der Waals surface area contributed by atoms with Crippen LogP contribution >= 0.6 is 11.6 Å². The van der Waals surface area contributed by atoms with Crippen LogP contribution in [-0.4, -0.2) is 22.4 Å². The number of esters is 1. The van der Waals surface area contributed by atoms with Crippen LogP contribution in [0.25, 0.3) is 10.9 Å². The predicted octanol–water partition coefficient (Wildman–Crippen LogP) is 2.20. The van der Waals surface area contributed by atoms with Crippen molar-refractivity contribution in [3.63, 3.8) is 0 Å². The summed E-state index contributed by atoms with van der Waals surface area (Å²) >= 11 is 6.13. The molecular weight excluding hydrogens is 266 g/mol.